The summed E-state index contributed by atoms with van der Waals surface area (Å²) in [5, 5.41) is 11.0. The van der Waals surface area contributed by atoms with Crippen LogP contribution in [0.1, 0.15) is 0 Å². The molecule has 0 fully saturated rings. The van der Waals surface area contributed by atoms with Crippen molar-refractivity contribution in [3.05, 3.63) is 34.4 Å². The lowest BCUT2D eigenvalue weighted by Gasteiger charge is -2.17. The van der Waals surface area contributed by atoms with Gasteiger partial charge in [-0.05, 0) is 6.07 Å². The van der Waals surface area contributed by atoms with Crippen LogP contribution in [0, 0.1) is 10.1 Å². The van der Waals surface area contributed by atoms with Gasteiger partial charge < -0.3 is 15.2 Å². The van der Waals surface area contributed by atoms with E-state index < -0.39 is 20.6 Å². The number of benzene rings is 1. The fourth-order valence-electron chi connectivity index (χ4n) is 1.71. The summed E-state index contributed by atoms with van der Waals surface area (Å²) >= 11 is 0. The van der Waals surface area contributed by atoms with Crippen molar-refractivity contribution in [1.82, 2.24) is 4.31 Å². The highest BCUT2D eigenvalue weighted by atomic mass is 35.5. The molecule has 0 saturated heterocycles. The molecule has 0 heterocycles. The summed E-state index contributed by atoms with van der Waals surface area (Å²) in [5.74, 6) is 0. The quantitative estimate of drug-likeness (QED) is 0.337. The van der Waals surface area contributed by atoms with Gasteiger partial charge in [0, 0.05) is 26.2 Å². The topological polar surface area (TPSA) is 125 Å². The van der Waals surface area contributed by atoms with E-state index in [-0.39, 0.29) is 30.5 Å². The number of nitro benzene ring substituents is 1. The molecule has 0 unspecified atom stereocenters. The smallest absolute Gasteiger partial charge is 0.289 e. The third-order valence-corrected chi connectivity index (χ3v) is 4.84. The first kappa shape index (κ1) is 22.7. The predicted molar refractivity (Wildman–Crippen MR) is 90.9 cm³/mol. The standard InChI is InChI=1S/C13H21N3O6S.ClH/c1-15(7-9-22-11-10-21-8-6-14)23(19,20)13-5-3-2-4-12(13)16(17)18;/h2-5H,6-11,14H2,1H3;1H. The average molecular weight is 384 g/mol. The summed E-state index contributed by atoms with van der Waals surface area (Å²) in [5.41, 5.74) is 4.81. The molecule has 0 aliphatic heterocycles. The van der Waals surface area contributed by atoms with Crippen molar-refractivity contribution in [2.24, 2.45) is 5.73 Å². The lowest BCUT2D eigenvalue weighted by atomic mass is 10.3. The molecule has 0 aromatic heterocycles. The van der Waals surface area contributed by atoms with E-state index >= 15 is 0 Å². The first-order chi connectivity index (χ1) is 10.9. The zero-order valence-electron chi connectivity index (χ0n) is 13.3. The zero-order chi connectivity index (χ0) is 17.3. The van der Waals surface area contributed by atoms with Gasteiger partial charge in [-0.25, -0.2) is 8.42 Å². The van der Waals surface area contributed by atoms with E-state index in [1.165, 1.54) is 25.2 Å². The van der Waals surface area contributed by atoms with E-state index in [0.717, 1.165) is 10.4 Å². The second-order valence-electron chi connectivity index (χ2n) is 4.56. The van der Waals surface area contributed by atoms with Crippen LogP contribution in [0.3, 0.4) is 0 Å². The number of hydrogen-bond donors (Lipinski definition) is 1. The fraction of sp³-hybridized carbons (Fsp3) is 0.538. The van der Waals surface area contributed by atoms with Crippen LogP contribution in [0.4, 0.5) is 5.69 Å². The van der Waals surface area contributed by atoms with Crippen LogP contribution in [0.25, 0.3) is 0 Å². The Morgan fingerprint density at radius 2 is 1.75 bits per heavy atom. The van der Waals surface area contributed by atoms with E-state index in [1.807, 2.05) is 0 Å². The van der Waals surface area contributed by atoms with Crippen LogP contribution in [0.2, 0.25) is 0 Å². The summed E-state index contributed by atoms with van der Waals surface area (Å²) in [4.78, 5) is 9.90. The SMILES string of the molecule is CN(CCOCCOCCN)S(=O)(=O)c1ccccc1[N+](=O)[O-].Cl. The van der Waals surface area contributed by atoms with E-state index in [2.05, 4.69) is 0 Å². The Morgan fingerprint density at radius 3 is 2.33 bits per heavy atom. The average Bonchev–Trinajstić information content (AvgIpc) is 2.53. The molecular formula is C13H22ClN3O6S. The molecule has 0 saturated carbocycles. The van der Waals surface area contributed by atoms with Crippen molar-refractivity contribution in [2.75, 3.05) is 46.6 Å². The van der Waals surface area contributed by atoms with Gasteiger partial charge in [-0.2, -0.15) is 4.31 Å². The lowest BCUT2D eigenvalue weighted by molar-refractivity contribution is -0.387. The Morgan fingerprint density at radius 1 is 1.17 bits per heavy atom. The molecule has 11 heteroatoms. The van der Waals surface area contributed by atoms with Crippen molar-refractivity contribution in [2.45, 2.75) is 4.90 Å². The third kappa shape index (κ3) is 6.67. The minimum atomic E-state index is -3.95. The van der Waals surface area contributed by atoms with Gasteiger partial charge in [0.2, 0.25) is 10.0 Å². The highest BCUT2D eigenvalue weighted by molar-refractivity contribution is 7.89. The van der Waals surface area contributed by atoms with Gasteiger partial charge in [-0.1, -0.05) is 12.1 Å². The van der Waals surface area contributed by atoms with Gasteiger partial charge in [0.25, 0.3) is 5.69 Å². The maximum Gasteiger partial charge on any atom is 0.289 e. The van der Waals surface area contributed by atoms with Crippen molar-refractivity contribution >= 4 is 28.1 Å². The molecule has 1 aromatic rings. The molecule has 0 bridgehead atoms. The summed E-state index contributed by atoms with van der Waals surface area (Å²) in [6.07, 6.45) is 0. The van der Waals surface area contributed by atoms with Crippen LogP contribution in [0.5, 0.6) is 0 Å². The van der Waals surface area contributed by atoms with Crippen LogP contribution in [-0.4, -0.2) is 64.2 Å². The minimum Gasteiger partial charge on any atom is -0.378 e. The molecule has 1 rings (SSSR count). The van der Waals surface area contributed by atoms with Gasteiger partial charge in [-0.15, -0.1) is 12.4 Å². The predicted octanol–water partition coefficient (Wildman–Crippen LogP) is 0.629. The molecule has 0 atom stereocenters. The van der Waals surface area contributed by atoms with Gasteiger partial charge in [0.1, 0.15) is 0 Å². The van der Waals surface area contributed by atoms with Crippen LogP contribution in [0.15, 0.2) is 29.2 Å². The molecule has 9 nitrogen and oxygen atoms in total. The molecule has 2 N–H and O–H groups in total. The van der Waals surface area contributed by atoms with Crippen molar-refractivity contribution in [1.29, 1.82) is 0 Å². The van der Waals surface area contributed by atoms with E-state index in [4.69, 9.17) is 15.2 Å². The normalized spacial score (nSPS) is 11.3. The monoisotopic (exact) mass is 383 g/mol. The summed E-state index contributed by atoms with van der Waals surface area (Å²) in [6, 6.07) is 5.23. The number of rotatable bonds is 11. The van der Waals surface area contributed by atoms with Crippen LogP contribution in [-0.2, 0) is 19.5 Å². The minimum absolute atomic E-state index is 0. The molecule has 1 aromatic carbocycles. The Hall–Kier alpha value is -1.30. The number of nitro groups is 1. The summed E-state index contributed by atoms with van der Waals surface area (Å²) in [7, 11) is -2.60. The fourth-order valence-corrected chi connectivity index (χ4v) is 3.02. The summed E-state index contributed by atoms with van der Waals surface area (Å²) < 4.78 is 36.2. The van der Waals surface area contributed by atoms with Crippen molar-refractivity contribution in [3.63, 3.8) is 0 Å². The maximum atomic E-state index is 12.4. The van der Waals surface area contributed by atoms with Crippen LogP contribution >= 0.6 is 12.4 Å². The van der Waals surface area contributed by atoms with Crippen molar-refractivity contribution < 1.29 is 22.8 Å². The molecule has 0 aliphatic rings. The number of likely N-dealkylation sites (N-methyl/N-ethyl adjacent to an activating group) is 1. The number of sulfonamides is 1. The molecular weight excluding hydrogens is 362 g/mol. The Bertz CT molecular complexity index is 613. The van der Waals surface area contributed by atoms with E-state index in [0.29, 0.717) is 26.4 Å². The number of nitrogens with zero attached hydrogens (tertiary/aromatic N) is 2. The van der Waals surface area contributed by atoms with Gasteiger partial charge >= 0.3 is 0 Å². The Kier molecular flexibility index (Phi) is 10.7. The molecule has 0 spiro atoms. The first-order valence-electron chi connectivity index (χ1n) is 6.96. The van der Waals surface area contributed by atoms with Crippen LogP contribution < -0.4 is 5.73 Å². The van der Waals surface area contributed by atoms with Gasteiger partial charge in [0.15, 0.2) is 4.90 Å². The molecule has 138 valence electrons. The number of ether oxygens (including phenoxy) is 2. The summed E-state index contributed by atoms with van der Waals surface area (Å²) in [6.45, 7) is 1.79. The number of para-hydroxylation sites is 1. The zero-order valence-corrected chi connectivity index (χ0v) is 14.9. The number of hydrogen-bond acceptors (Lipinski definition) is 7. The second kappa shape index (κ2) is 11.3. The maximum absolute atomic E-state index is 12.4. The molecule has 0 radical (unpaired) electrons. The third-order valence-electron chi connectivity index (χ3n) is 2.93. The highest BCUT2D eigenvalue weighted by Crippen LogP contribution is 2.25. The van der Waals surface area contributed by atoms with E-state index in [1.54, 1.807) is 0 Å². The van der Waals surface area contributed by atoms with Crippen molar-refractivity contribution in [3.8, 4) is 0 Å². The molecule has 0 aliphatic carbocycles. The van der Waals surface area contributed by atoms with E-state index in [9.17, 15) is 18.5 Å². The van der Waals surface area contributed by atoms with Gasteiger partial charge in [0.05, 0.1) is 31.4 Å². The van der Waals surface area contributed by atoms with Gasteiger partial charge in [-0.3, -0.25) is 10.1 Å². The Balaban J connectivity index is 0.00000529. The number of halogens is 1. The first-order valence-corrected chi connectivity index (χ1v) is 8.40. The molecule has 24 heavy (non-hydrogen) atoms. The second-order valence-corrected chi connectivity index (χ2v) is 6.58. The molecule has 0 amide bonds. The largest absolute Gasteiger partial charge is 0.378 e. The number of nitrogens with two attached hydrogens (primary N) is 1. The lowest BCUT2D eigenvalue weighted by Crippen LogP contribution is -2.31. The highest BCUT2D eigenvalue weighted by Gasteiger charge is 2.28. The Labute approximate surface area is 147 Å².